The van der Waals surface area contributed by atoms with Gasteiger partial charge in [0, 0.05) is 30.8 Å². The summed E-state index contributed by atoms with van der Waals surface area (Å²) >= 11 is 0. The van der Waals surface area contributed by atoms with Gasteiger partial charge in [-0.1, -0.05) is 25.2 Å². The van der Waals surface area contributed by atoms with Gasteiger partial charge in [0.15, 0.2) is 5.78 Å². The van der Waals surface area contributed by atoms with Gasteiger partial charge in [0.1, 0.15) is 35.1 Å². The molecule has 0 fully saturated rings. The normalized spacial score (nSPS) is 25.3. The van der Waals surface area contributed by atoms with Crippen LogP contribution in [-0.2, 0) is 16.0 Å². The van der Waals surface area contributed by atoms with Gasteiger partial charge in [-0.3, -0.25) is 4.79 Å². The van der Waals surface area contributed by atoms with Crippen LogP contribution < -0.4 is 4.74 Å². The number of cyclic esters (lactones) is 1. The molecule has 0 saturated heterocycles. The first-order chi connectivity index (χ1) is 16.8. The van der Waals surface area contributed by atoms with Gasteiger partial charge in [-0.05, 0) is 43.9 Å². The van der Waals surface area contributed by atoms with Crippen molar-refractivity contribution >= 4 is 17.8 Å². The number of ketones is 1. The zero-order valence-electron chi connectivity index (χ0n) is 19.9. The molecule has 1 aliphatic rings. The minimum Gasteiger partial charge on any atom is -0.507 e. The van der Waals surface area contributed by atoms with Crippen molar-refractivity contribution in [1.82, 2.24) is 9.97 Å². The smallest absolute Gasteiger partial charge is 0.342 e. The van der Waals surface area contributed by atoms with Gasteiger partial charge in [0.05, 0.1) is 12.7 Å². The van der Waals surface area contributed by atoms with Crippen LogP contribution in [0.3, 0.4) is 0 Å². The lowest BCUT2D eigenvalue weighted by Gasteiger charge is -2.20. The van der Waals surface area contributed by atoms with Crippen molar-refractivity contribution in [2.45, 2.75) is 57.8 Å². The van der Waals surface area contributed by atoms with Crippen LogP contribution in [0.4, 0.5) is 0 Å². The highest BCUT2D eigenvalue weighted by Crippen LogP contribution is 2.31. The minimum atomic E-state index is -1.58. The number of aromatic hydroxyl groups is 1. The molecule has 0 saturated carbocycles. The number of aliphatic hydroxyl groups excluding tert-OH is 2. The zero-order chi connectivity index (χ0) is 25.4. The van der Waals surface area contributed by atoms with Crippen LogP contribution in [0.1, 0.15) is 54.9 Å². The predicted molar refractivity (Wildman–Crippen MR) is 129 cm³/mol. The molecule has 4 N–H and O–H groups in total. The van der Waals surface area contributed by atoms with E-state index in [0.717, 1.165) is 25.1 Å². The number of carbonyl (C=O) groups is 2. The Balaban J connectivity index is 1.78. The maximum atomic E-state index is 12.9. The van der Waals surface area contributed by atoms with E-state index < -0.39 is 30.1 Å². The Morgan fingerprint density at radius 1 is 1.17 bits per heavy atom. The average molecular weight is 485 g/mol. The van der Waals surface area contributed by atoms with Crippen LogP contribution in [0.15, 0.2) is 42.8 Å². The van der Waals surface area contributed by atoms with Gasteiger partial charge in [-0.15, -0.1) is 0 Å². The van der Waals surface area contributed by atoms with Crippen molar-refractivity contribution in [1.29, 1.82) is 0 Å². The van der Waals surface area contributed by atoms with E-state index in [0.29, 0.717) is 17.9 Å². The second-order valence-electron chi connectivity index (χ2n) is 8.63. The van der Waals surface area contributed by atoms with Crippen LogP contribution in [0.5, 0.6) is 11.5 Å². The Kier molecular flexibility index (Phi) is 9.22. The topological polar surface area (TPSA) is 142 Å². The van der Waals surface area contributed by atoms with Crippen molar-refractivity contribution in [3.05, 3.63) is 59.7 Å². The quantitative estimate of drug-likeness (QED) is 0.362. The number of H-pyrrole nitrogens is 1. The highest BCUT2D eigenvalue weighted by Gasteiger charge is 2.25. The van der Waals surface area contributed by atoms with E-state index >= 15 is 0 Å². The van der Waals surface area contributed by atoms with Crippen LogP contribution >= 0.6 is 0 Å². The summed E-state index contributed by atoms with van der Waals surface area (Å²) in [4.78, 5) is 32.3. The number of esters is 1. The molecule has 1 aromatic carbocycles. The van der Waals surface area contributed by atoms with E-state index in [4.69, 9.17) is 9.47 Å². The number of aromatic nitrogens is 2. The lowest BCUT2D eigenvalue weighted by Crippen LogP contribution is -2.32. The van der Waals surface area contributed by atoms with E-state index in [1.807, 2.05) is 0 Å². The maximum absolute atomic E-state index is 12.9. The monoisotopic (exact) mass is 484 g/mol. The lowest BCUT2D eigenvalue weighted by atomic mass is 9.99. The van der Waals surface area contributed by atoms with Gasteiger partial charge in [-0.2, -0.15) is 0 Å². The molecular formula is C26H32N2O7. The molecule has 0 amide bonds. The number of carbonyl (C=O) groups excluding carboxylic acids is 2. The third-order valence-electron chi connectivity index (χ3n) is 5.89. The Morgan fingerprint density at radius 3 is 2.71 bits per heavy atom. The largest absolute Gasteiger partial charge is 0.507 e. The van der Waals surface area contributed by atoms with Crippen LogP contribution in [-0.4, -0.2) is 62.0 Å². The molecule has 1 aromatic heterocycles. The molecule has 0 unspecified atom stereocenters. The molecule has 2 aromatic rings. The fourth-order valence-electron chi connectivity index (χ4n) is 3.57. The summed E-state index contributed by atoms with van der Waals surface area (Å²) in [6.07, 6.45) is 8.08. The van der Waals surface area contributed by atoms with E-state index in [2.05, 4.69) is 9.97 Å². The third-order valence-corrected chi connectivity index (χ3v) is 5.89. The molecule has 0 aliphatic carbocycles. The molecular weight excluding hydrogens is 452 g/mol. The number of aliphatic hydroxyl groups is 2. The number of benzene rings is 1. The fraction of sp³-hybridized carbons (Fsp3) is 0.423. The number of nitrogens with one attached hydrogen (secondary N) is 1. The molecule has 0 radical (unpaired) electrons. The van der Waals surface area contributed by atoms with Gasteiger partial charge < -0.3 is 29.8 Å². The lowest BCUT2D eigenvalue weighted by molar-refractivity contribution is -0.127. The number of hydrogen-bond acceptors (Lipinski definition) is 8. The predicted octanol–water partition coefficient (Wildman–Crippen LogP) is 2.96. The zero-order valence-corrected chi connectivity index (χ0v) is 19.9. The molecule has 3 rings (SSSR count). The maximum Gasteiger partial charge on any atom is 0.342 e. The van der Waals surface area contributed by atoms with E-state index in [9.17, 15) is 24.9 Å². The van der Waals surface area contributed by atoms with Gasteiger partial charge in [-0.25, -0.2) is 9.78 Å². The second kappa shape index (κ2) is 12.3. The second-order valence-corrected chi connectivity index (χ2v) is 8.63. The number of fused-ring (bicyclic) bond motifs is 1. The van der Waals surface area contributed by atoms with Crippen molar-refractivity contribution in [2.75, 3.05) is 6.61 Å². The van der Waals surface area contributed by atoms with E-state index in [1.165, 1.54) is 30.4 Å². The van der Waals surface area contributed by atoms with Crippen molar-refractivity contribution in [2.24, 2.45) is 5.92 Å². The van der Waals surface area contributed by atoms with Gasteiger partial charge >= 0.3 is 5.97 Å². The number of imidazole rings is 1. The number of ether oxygens (including phenoxy) is 2. The number of hydrogen-bond donors (Lipinski definition) is 4. The van der Waals surface area contributed by atoms with Crippen molar-refractivity contribution in [3.63, 3.8) is 0 Å². The molecule has 0 spiro atoms. The first kappa shape index (κ1) is 26.2. The molecule has 2 heterocycles. The standard InChI is InChI=1S/C26H32N2O7/c1-16-9-10-21(30)25(32)20(29)7-5-6-18-14-19(15-22(31)24(18)26(33)35-17(16)2)34-13-4-3-8-23-27-11-12-28-23/h5-6,9-12,14-17,20,25,29,31-32H,3-4,7-8,13H2,1-2H3,(H,27,28)/b6-5+,10-9-/t16-,17+,20+,25+/m1/s1. The SMILES string of the molecule is C[C@@H]1/C=C\C(=O)[C@@H](O)[C@@H](O)C/C=C/c2cc(OCCCCc3ncc[nH]3)cc(O)c2C(=O)O[C@H]1C. The Morgan fingerprint density at radius 2 is 1.97 bits per heavy atom. The first-order valence-electron chi connectivity index (χ1n) is 11.7. The Hall–Kier alpha value is -3.43. The highest BCUT2D eigenvalue weighted by molar-refractivity contribution is 5.97. The van der Waals surface area contributed by atoms with Crippen LogP contribution in [0, 0.1) is 5.92 Å². The van der Waals surface area contributed by atoms with Gasteiger partial charge in [0.2, 0.25) is 0 Å². The highest BCUT2D eigenvalue weighted by atomic mass is 16.5. The van der Waals surface area contributed by atoms with E-state index in [1.54, 1.807) is 32.3 Å². The molecule has 35 heavy (non-hydrogen) atoms. The summed E-state index contributed by atoms with van der Waals surface area (Å²) in [6.45, 7) is 3.82. The number of unbranched alkanes of at least 4 members (excludes halogenated alkanes) is 1. The molecule has 9 heteroatoms. The third kappa shape index (κ3) is 7.27. The number of aromatic amines is 1. The molecule has 4 atom stereocenters. The number of aryl methyl sites for hydroxylation is 1. The summed E-state index contributed by atoms with van der Waals surface area (Å²) in [5.74, 6) is -0.706. The number of nitrogens with zero attached hydrogens (tertiary/aromatic N) is 1. The van der Waals surface area contributed by atoms with Gasteiger partial charge in [0.25, 0.3) is 0 Å². The molecule has 1 aliphatic heterocycles. The summed E-state index contributed by atoms with van der Waals surface area (Å²) < 4.78 is 11.3. The van der Waals surface area contributed by atoms with Crippen LogP contribution in [0.2, 0.25) is 0 Å². The Labute approximate surface area is 204 Å². The summed E-state index contributed by atoms with van der Waals surface area (Å²) in [5, 5.41) is 30.9. The average Bonchev–Trinajstić information content (AvgIpc) is 3.34. The molecule has 9 nitrogen and oxygen atoms in total. The number of phenolic OH excluding ortho intramolecular Hbond substituents is 1. The molecule has 188 valence electrons. The molecule has 0 bridgehead atoms. The minimum absolute atomic E-state index is 0.0300. The summed E-state index contributed by atoms with van der Waals surface area (Å²) in [7, 11) is 0. The van der Waals surface area contributed by atoms with E-state index in [-0.39, 0.29) is 23.7 Å². The number of rotatable bonds is 6. The number of phenols is 1. The van der Waals surface area contributed by atoms with Crippen molar-refractivity contribution < 1.29 is 34.4 Å². The van der Waals surface area contributed by atoms with Crippen LogP contribution in [0.25, 0.3) is 6.08 Å². The summed E-state index contributed by atoms with van der Waals surface area (Å²) in [6, 6.07) is 2.97. The van der Waals surface area contributed by atoms with Crippen molar-refractivity contribution in [3.8, 4) is 11.5 Å². The fourth-order valence-corrected chi connectivity index (χ4v) is 3.57. The first-order valence-corrected chi connectivity index (χ1v) is 11.7. The summed E-state index contributed by atoms with van der Waals surface area (Å²) in [5.41, 5.74) is 0.304. The Bertz CT molecular complexity index is 1060.